The predicted octanol–water partition coefficient (Wildman–Crippen LogP) is 2.03. The second-order valence-corrected chi connectivity index (χ2v) is 7.66. The summed E-state index contributed by atoms with van der Waals surface area (Å²) in [6.45, 7) is 5.83. The molecule has 0 saturated heterocycles. The van der Waals surface area contributed by atoms with E-state index >= 15 is 0 Å². The van der Waals surface area contributed by atoms with E-state index in [1.807, 2.05) is 25.1 Å². The van der Waals surface area contributed by atoms with Gasteiger partial charge in [0.2, 0.25) is 15.9 Å². The van der Waals surface area contributed by atoms with Crippen molar-refractivity contribution in [1.82, 2.24) is 14.6 Å². The Kier molecular flexibility index (Phi) is 6.27. The van der Waals surface area contributed by atoms with Gasteiger partial charge in [0.15, 0.2) is 0 Å². The molecule has 0 unspecified atom stereocenters. The van der Waals surface area contributed by atoms with Crippen molar-refractivity contribution in [3.05, 3.63) is 59.4 Å². The molecule has 1 N–H and O–H groups in total. The smallest absolute Gasteiger partial charge is 0.240 e. The first-order valence-corrected chi connectivity index (χ1v) is 9.50. The van der Waals surface area contributed by atoms with E-state index in [1.165, 1.54) is 6.92 Å². The van der Waals surface area contributed by atoms with Gasteiger partial charge in [-0.1, -0.05) is 18.2 Å². The molecule has 0 aliphatic heterocycles. The van der Waals surface area contributed by atoms with Gasteiger partial charge in [-0.2, -0.15) is 0 Å². The number of aromatic nitrogens is 1. The number of pyridine rings is 1. The van der Waals surface area contributed by atoms with Crippen LogP contribution in [0.1, 0.15) is 23.7 Å². The molecule has 0 aliphatic carbocycles. The molecule has 134 valence electrons. The van der Waals surface area contributed by atoms with E-state index in [0.29, 0.717) is 12.1 Å². The molecular weight excluding hydrogens is 338 g/mol. The van der Waals surface area contributed by atoms with Crippen molar-refractivity contribution < 1.29 is 13.2 Å². The summed E-state index contributed by atoms with van der Waals surface area (Å²) in [5.74, 6) is -0.128. The second kappa shape index (κ2) is 8.22. The lowest BCUT2D eigenvalue weighted by atomic mass is 10.2. The molecular formula is C18H23N3O3S. The van der Waals surface area contributed by atoms with Gasteiger partial charge in [0.25, 0.3) is 0 Å². The molecule has 1 heterocycles. The Bertz CT molecular complexity index is 836. The lowest BCUT2D eigenvalue weighted by molar-refractivity contribution is -0.129. The zero-order valence-corrected chi connectivity index (χ0v) is 15.5. The maximum atomic E-state index is 12.5. The maximum Gasteiger partial charge on any atom is 0.240 e. The summed E-state index contributed by atoms with van der Waals surface area (Å²) < 4.78 is 27.5. The number of aryl methyl sites for hydroxylation is 2. The predicted molar refractivity (Wildman–Crippen MR) is 96.4 cm³/mol. The number of amides is 1. The van der Waals surface area contributed by atoms with Crippen molar-refractivity contribution in [2.24, 2.45) is 0 Å². The number of rotatable bonds is 7. The molecule has 0 saturated carbocycles. The number of hydrogen-bond acceptors (Lipinski definition) is 4. The number of hydrogen-bond donors (Lipinski definition) is 1. The zero-order valence-electron chi connectivity index (χ0n) is 14.7. The van der Waals surface area contributed by atoms with Gasteiger partial charge in [-0.15, -0.1) is 0 Å². The molecule has 0 spiro atoms. The Morgan fingerprint density at radius 2 is 1.96 bits per heavy atom. The number of sulfonamides is 1. The number of nitrogens with zero attached hydrogens (tertiary/aromatic N) is 2. The maximum absolute atomic E-state index is 12.5. The van der Waals surface area contributed by atoms with Crippen LogP contribution in [0.2, 0.25) is 0 Å². The molecule has 2 aromatic rings. The van der Waals surface area contributed by atoms with Gasteiger partial charge in [0.05, 0.1) is 17.1 Å². The summed E-state index contributed by atoms with van der Waals surface area (Å²) in [4.78, 5) is 17.8. The second-order valence-electron chi connectivity index (χ2n) is 5.93. The van der Waals surface area contributed by atoms with Crippen LogP contribution in [0.5, 0.6) is 0 Å². The fourth-order valence-electron chi connectivity index (χ4n) is 2.42. The first-order chi connectivity index (χ1) is 11.8. The zero-order chi connectivity index (χ0) is 18.4. The largest absolute Gasteiger partial charge is 0.336 e. The van der Waals surface area contributed by atoms with Crippen LogP contribution < -0.4 is 4.72 Å². The molecule has 0 radical (unpaired) electrons. The minimum absolute atomic E-state index is 0.128. The fourth-order valence-corrected chi connectivity index (χ4v) is 3.77. The Balaban J connectivity index is 2.01. The average Bonchev–Trinajstić information content (AvgIpc) is 2.56. The number of benzene rings is 1. The van der Waals surface area contributed by atoms with Crippen LogP contribution in [0.4, 0.5) is 0 Å². The first-order valence-electron chi connectivity index (χ1n) is 8.02. The molecule has 2 rings (SSSR count). The highest BCUT2D eigenvalue weighted by molar-refractivity contribution is 7.89. The van der Waals surface area contributed by atoms with Crippen molar-refractivity contribution in [3.63, 3.8) is 0 Å². The molecule has 0 aliphatic rings. The van der Waals surface area contributed by atoms with Crippen LogP contribution in [0.25, 0.3) is 0 Å². The van der Waals surface area contributed by atoms with Crippen LogP contribution in [-0.4, -0.2) is 37.3 Å². The average molecular weight is 361 g/mol. The van der Waals surface area contributed by atoms with Gasteiger partial charge in [-0.3, -0.25) is 9.78 Å². The molecule has 7 heteroatoms. The van der Waals surface area contributed by atoms with E-state index in [4.69, 9.17) is 0 Å². The Morgan fingerprint density at radius 1 is 1.20 bits per heavy atom. The Labute approximate surface area is 148 Å². The van der Waals surface area contributed by atoms with Gasteiger partial charge in [0.1, 0.15) is 0 Å². The molecule has 1 aromatic heterocycles. The van der Waals surface area contributed by atoms with E-state index in [-0.39, 0.29) is 23.9 Å². The van der Waals surface area contributed by atoms with E-state index < -0.39 is 10.0 Å². The Morgan fingerprint density at radius 3 is 2.60 bits per heavy atom. The highest BCUT2D eigenvalue weighted by atomic mass is 32.2. The van der Waals surface area contributed by atoms with Gasteiger partial charge < -0.3 is 4.90 Å². The van der Waals surface area contributed by atoms with E-state index in [9.17, 15) is 13.2 Å². The van der Waals surface area contributed by atoms with Crippen LogP contribution >= 0.6 is 0 Å². The summed E-state index contributed by atoms with van der Waals surface area (Å²) >= 11 is 0. The number of carbonyl (C=O) groups excluding carboxylic acids is 1. The fraction of sp³-hybridized carbons (Fsp3) is 0.333. The van der Waals surface area contributed by atoms with Crippen LogP contribution in [-0.2, 0) is 21.4 Å². The summed E-state index contributed by atoms with van der Waals surface area (Å²) in [5, 5.41) is 0. The summed E-state index contributed by atoms with van der Waals surface area (Å²) in [6, 6.07) is 10.8. The van der Waals surface area contributed by atoms with Crippen LogP contribution in [0, 0.1) is 13.8 Å². The van der Waals surface area contributed by atoms with E-state index in [0.717, 1.165) is 11.3 Å². The topological polar surface area (TPSA) is 79.4 Å². The molecule has 6 nitrogen and oxygen atoms in total. The summed E-state index contributed by atoms with van der Waals surface area (Å²) in [6.07, 6.45) is 1.66. The molecule has 1 aromatic carbocycles. The highest BCUT2D eigenvalue weighted by Gasteiger charge is 2.18. The summed E-state index contributed by atoms with van der Waals surface area (Å²) in [7, 11) is -3.61. The third-order valence-corrected chi connectivity index (χ3v) is 5.43. The first kappa shape index (κ1) is 19.1. The third-order valence-electron chi connectivity index (χ3n) is 3.83. The van der Waals surface area contributed by atoms with Crippen molar-refractivity contribution in [1.29, 1.82) is 0 Å². The van der Waals surface area contributed by atoms with Crippen molar-refractivity contribution in [3.8, 4) is 0 Å². The number of carbonyl (C=O) groups is 1. The normalized spacial score (nSPS) is 11.3. The Hall–Kier alpha value is -2.25. The summed E-state index contributed by atoms with van der Waals surface area (Å²) in [5.41, 5.74) is 2.33. The van der Waals surface area contributed by atoms with Crippen molar-refractivity contribution in [2.75, 3.05) is 13.1 Å². The number of nitrogens with one attached hydrogen (secondary N) is 1. The quantitative estimate of drug-likeness (QED) is 0.818. The monoisotopic (exact) mass is 361 g/mol. The third kappa shape index (κ3) is 5.37. The molecule has 0 bridgehead atoms. The van der Waals surface area contributed by atoms with Gasteiger partial charge in [-0.05, 0) is 43.2 Å². The lowest BCUT2D eigenvalue weighted by Crippen LogP contribution is -2.37. The standard InChI is InChI=1S/C18H23N3O3S/c1-14-7-8-15(2)18(12-14)25(23,24)20-10-11-21(16(3)22)13-17-6-4-5-9-19-17/h4-9,12,20H,10-11,13H2,1-3H3. The minimum Gasteiger partial charge on any atom is -0.336 e. The lowest BCUT2D eigenvalue weighted by Gasteiger charge is -2.21. The molecule has 0 atom stereocenters. The van der Waals surface area contributed by atoms with Crippen LogP contribution in [0.3, 0.4) is 0 Å². The molecule has 0 fully saturated rings. The van der Waals surface area contributed by atoms with Gasteiger partial charge >= 0.3 is 0 Å². The van der Waals surface area contributed by atoms with Crippen LogP contribution in [0.15, 0.2) is 47.5 Å². The van der Waals surface area contributed by atoms with Crippen molar-refractivity contribution >= 4 is 15.9 Å². The van der Waals surface area contributed by atoms with Gasteiger partial charge in [0, 0.05) is 26.2 Å². The minimum atomic E-state index is -3.61. The van der Waals surface area contributed by atoms with Gasteiger partial charge in [-0.25, -0.2) is 13.1 Å². The highest BCUT2D eigenvalue weighted by Crippen LogP contribution is 2.16. The molecule has 25 heavy (non-hydrogen) atoms. The SMILES string of the molecule is CC(=O)N(CCNS(=O)(=O)c1cc(C)ccc1C)Cc1ccccn1. The van der Waals surface area contributed by atoms with E-state index in [1.54, 1.807) is 36.2 Å². The van der Waals surface area contributed by atoms with E-state index in [2.05, 4.69) is 9.71 Å². The van der Waals surface area contributed by atoms with Crippen molar-refractivity contribution in [2.45, 2.75) is 32.2 Å². The molecule has 1 amide bonds.